The molecule has 1 aliphatic carbocycles. The monoisotopic (exact) mass is 252 g/mol. The number of rotatable bonds is 3. The van der Waals surface area contributed by atoms with E-state index in [4.69, 9.17) is 11.0 Å². The highest BCUT2D eigenvalue weighted by atomic mass is 15.2. The van der Waals surface area contributed by atoms with Crippen molar-refractivity contribution in [3.63, 3.8) is 0 Å². The van der Waals surface area contributed by atoms with Gasteiger partial charge in [-0.25, -0.2) is 4.98 Å². The van der Waals surface area contributed by atoms with Crippen LogP contribution >= 0.6 is 0 Å². The van der Waals surface area contributed by atoms with E-state index in [1.165, 1.54) is 12.8 Å². The molecule has 0 unspecified atom stereocenters. The standard InChI is InChI=1S/C15H16N4/c1-2-13-18-14(15(17)19(13)12-7-8-12)11-5-3-10(9-16)4-6-11/h3-6,12H,2,7-8,17H2,1H3. The number of benzene rings is 1. The first-order valence-electron chi connectivity index (χ1n) is 6.61. The van der Waals surface area contributed by atoms with Crippen LogP contribution in [0.5, 0.6) is 0 Å². The minimum Gasteiger partial charge on any atom is -0.383 e. The normalized spacial score (nSPS) is 14.3. The summed E-state index contributed by atoms with van der Waals surface area (Å²) in [6, 6.07) is 10.1. The minimum atomic E-state index is 0.537. The fourth-order valence-corrected chi connectivity index (χ4v) is 2.40. The van der Waals surface area contributed by atoms with Crippen molar-refractivity contribution in [3.8, 4) is 17.3 Å². The number of nitrogens with two attached hydrogens (primary N) is 1. The first-order valence-corrected chi connectivity index (χ1v) is 6.61. The maximum absolute atomic E-state index is 8.83. The molecule has 2 aromatic rings. The van der Waals surface area contributed by atoms with Gasteiger partial charge in [-0.15, -0.1) is 0 Å². The second-order valence-corrected chi connectivity index (χ2v) is 4.91. The number of anilines is 1. The van der Waals surface area contributed by atoms with Gasteiger partial charge in [-0.3, -0.25) is 0 Å². The Hall–Kier alpha value is -2.28. The maximum atomic E-state index is 8.83. The average molecular weight is 252 g/mol. The molecule has 4 nitrogen and oxygen atoms in total. The molecule has 1 aromatic carbocycles. The maximum Gasteiger partial charge on any atom is 0.131 e. The number of aromatic nitrogens is 2. The molecule has 2 N–H and O–H groups in total. The SMILES string of the molecule is CCc1nc(-c2ccc(C#N)cc2)c(N)n1C1CC1. The first-order chi connectivity index (χ1) is 9.24. The second kappa shape index (κ2) is 4.43. The summed E-state index contributed by atoms with van der Waals surface area (Å²) in [5.41, 5.74) is 8.73. The van der Waals surface area contributed by atoms with Crippen LogP contribution in [0.2, 0.25) is 0 Å². The van der Waals surface area contributed by atoms with Crippen molar-refractivity contribution in [2.24, 2.45) is 0 Å². The molecule has 1 fully saturated rings. The quantitative estimate of drug-likeness (QED) is 0.913. The van der Waals surface area contributed by atoms with Crippen molar-refractivity contribution in [2.45, 2.75) is 32.2 Å². The van der Waals surface area contributed by atoms with Gasteiger partial charge in [-0.1, -0.05) is 19.1 Å². The molecule has 0 saturated heterocycles. The molecule has 1 aromatic heterocycles. The lowest BCUT2D eigenvalue weighted by atomic mass is 10.1. The fourth-order valence-electron chi connectivity index (χ4n) is 2.40. The van der Waals surface area contributed by atoms with Gasteiger partial charge >= 0.3 is 0 Å². The lowest BCUT2D eigenvalue weighted by molar-refractivity contribution is 0.696. The molecular formula is C15H16N4. The molecule has 0 amide bonds. The molecule has 0 bridgehead atoms. The zero-order valence-corrected chi connectivity index (χ0v) is 10.9. The van der Waals surface area contributed by atoms with Gasteiger partial charge in [0, 0.05) is 18.0 Å². The molecule has 1 heterocycles. The van der Waals surface area contributed by atoms with Crippen molar-refractivity contribution >= 4 is 5.82 Å². The second-order valence-electron chi connectivity index (χ2n) is 4.91. The van der Waals surface area contributed by atoms with Gasteiger partial charge in [0.25, 0.3) is 0 Å². The Morgan fingerprint density at radius 3 is 2.58 bits per heavy atom. The van der Waals surface area contributed by atoms with E-state index < -0.39 is 0 Å². The van der Waals surface area contributed by atoms with E-state index in [9.17, 15) is 0 Å². The fraction of sp³-hybridized carbons (Fsp3) is 0.333. The van der Waals surface area contributed by atoms with Gasteiger partial charge in [0.05, 0.1) is 11.6 Å². The average Bonchev–Trinajstić information content (AvgIpc) is 3.23. The van der Waals surface area contributed by atoms with Crippen LogP contribution in [0.4, 0.5) is 5.82 Å². The number of nitrogen functional groups attached to an aromatic ring is 1. The summed E-state index contributed by atoms with van der Waals surface area (Å²) in [4.78, 5) is 4.67. The highest BCUT2D eigenvalue weighted by Gasteiger charge is 2.29. The Labute approximate surface area is 112 Å². The van der Waals surface area contributed by atoms with Crippen LogP contribution in [0.1, 0.15) is 37.2 Å². The van der Waals surface area contributed by atoms with Crippen LogP contribution in [0.3, 0.4) is 0 Å². The van der Waals surface area contributed by atoms with Crippen molar-refractivity contribution in [2.75, 3.05) is 5.73 Å². The molecule has 19 heavy (non-hydrogen) atoms. The lowest BCUT2D eigenvalue weighted by Crippen LogP contribution is -2.04. The van der Waals surface area contributed by atoms with Gasteiger partial charge in [0.1, 0.15) is 17.3 Å². The third-order valence-electron chi connectivity index (χ3n) is 3.54. The molecule has 4 heteroatoms. The van der Waals surface area contributed by atoms with E-state index in [1.54, 1.807) is 12.1 Å². The van der Waals surface area contributed by atoms with Gasteiger partial charge in [0.15, 0.2) is 0 Å². The Morgan fingerprint density at radius 1 is 1.37 bits per heavy atom. The number of nitriles is 1. The first kappa shape index (κ1) is 11.8. The zero-order valence-electron chi connectivity index (χ0n) is 10.9. The number of hydrogen-bond donors (Lipinski definition) is 1. The minimum absolute atomic E-state index is 0.537. The Bertz CT molecular complexity index is 642. The molecule has 0 aliphatic heterocycles. The largest absolute Gasteiger partial charge is 0.383 e. The van der Waals surface area contributed by atoms with Crippen molar-refractivity contribution in [3.05, 3.63) is 35.7 Å². The van der Waals surface area contributed by atoms with E-state index in [1.807, 2.05) is 12.1 Å². The summed E-state index contributed by atoms with van der Waals surface area (Å²) in [6.45, 7) is 2.10. The third-order valence-corrected chi connectivity index (χ3v) is 3.54. The summed E-state index contributed by atoms with van der Waals surface area (Å²) < 4.78 is 2.17. The molecule has 96 valence electrons. The highest BCUT2D eigenvalue weighted by Crippen LogP contribution is 2.40. The summed E-state index contributed by atoms with van der Waals surface area (Å²) >= 11 is 0. The van der Waals surface area contributed by atoms with Crippen molar-refractivity contribution in [1.29, 1.82) is 5.26 Å². The van der Waals surface area contributed by atoms with Crippen LogP contribution in [-0.2, 0) is 6.42 Å². The predicted octanol–water partition coefficient (Wildman–Crippen LogP) is 2.90. The molecule has 3 rings (SSSR count). The molecule has 1 aliphatic rings. The van der Waals surface area contributed by atoms with Crippen LogP contribution in [-0.4, -0.2) is 9.55 Å². The van der Waals surface area contributed by atoms with Gasteiger partial charge in [0.2, 0.25) is 0 Å². The number of hydrogen-bond acceptors (Lipinski definition) is 3. The van der Waals surface area contributed by atoms with E-state index >= 15 is 0 Å². The summed E-state index contributed by atoms with van der Waals surface area (Å²) in [5, 5.41) is 8.83. The van der Waals surface area contributed by atoms with Crippen LogP contribution in [0.25, 0.3) is 11.3 Å². The molecule has 0 radical (unpaired) electrons. The number of imidazole rings is 1. The van der Waals surface area contributed by atoms with Crippen molar-refractivity contribution < 1.29 is 0 Å². The van der Waals surface area contributed by atoms with Crippen LogP contribution in [0.15, 0.2) is 24.3 Å². The van der Waals surface area contributed by atoms with Gasteiger partial charge < -0.3 is 10.3 Å². The van der Waals surface area contributed by atoms with E-state index in [0.717, 1.165) is 29.3 Å². The van der Waals surface area contributed by atoms with E-state index in [2.05, 4.69) is 22.5 Å². The zero-order chi connectivity index (χ0) is 13.4. The topological polar surface area (TPSA) is 67.6 Å². The molecular weight excluding hydrogens is 236 g/mol. The van der Waals surface area contributed by atoms with Crippen molar-refractivity contribution in [1.82, 2.24) is 9.55 Å². The van der Waals surface area contributed by atoms with Gasteiger partial charge in [-0.2, -0.15) is 5.26 Å². The number of nitrogens with zero attached hydrogens (tertiary/aromatic N) is 3. The van der Waals surface area contributed by atoms with Crippen LogP contribution in [0, 0.1) is 11.3 Å². The lowest BCUT2D eigenvalue weighted by Gasteiger charge is -2.06. The van der Waals surface area contributed by atoms with E-state index in [0.29, 0.717) is 11.6 Å². The highest BCUT2D eigenvalue weighted by molar-refractivity contribution is 5.71. The Balaban J connectivity index is 2.06. The Morgan fingerprint density at radius 2 is 2.05 bits per heavy atom. The Kier molecular flexibility index (Phi) is 2.75. The summed E-state index contributed by atoms with van der Waals surface area (Å²) in [6.07, 6.45) is 3.28. The molecule has 0 atom stereocenters. The molecule has 1 saturated carbocycles. The number of aryl methyl sites for hydroxylation is 1. The summed E-state index contributed by atoms with van der Waals surface area (Å²) in [7, 11) is 0. The molecule has 0 spiro atoms. The third kappa shape index (κ3) is 1.97. The predicted molar refractivity (Wildman–Crippen MR) is 74.4 cm³/mol. The smallest absolute Gasteiger partial charge is 0.131 e. The van der Waals surface area contributed by atoms with Crippen LogP contribution < -0.4 is 5.73 Å². The summed E-state index contributed by atoms with van der Waals surface area (Å²) in [5.74, 6) is 1.81. The van der Waals surface area contributed by atoms with E-state index in [-0.39, 0.29) is 0 Å². The van der Waals surface area contributed by atoms with Gasteiger partial charge in [-0.05, 0) is 25.0 Å².